The van der Waals surface area contributed by atoms with Crippen molar-refractivity contribution in [1.82, 2.24) is 4.31 Å². The topological polar surface area (TPSA) is 63.4 Å². The fourth-order valence-electron chi connectivity index (χ4n) is 1.53. The molecule has 0 bridgehead atoms. The van der Waals surface area contributed by atoms with Gasteiger partial charge in [-0.15, -0.1) is 0 Å². The summed E-state index contributed by atoms with van der Waals surface area (Å²) in [6.07, 6.45) is 0.789. The van der Waals surface area contributed by atoms with Crippen LogP contribution in [0.2, 0.25) is 0 Å². The summed E-state index contributed by atoms with van der Waals surface area (Å²) >= 11 is 0. The smallest absolute Gasteiger partial charge is 0.214 e. The SMILES string of the molecule is CC(C)CS(=O)(=O)N1CCC(N)C1. The van der Waals surface area contributed by atoms with Crippen molar-refractivity contribution in [2.75, 3.05) is 18.8 Å². The Morgan fingerprint density at radius 2 is 2.15 bits per heavy atom. The molecule has 1 aliphatic rings. The second kappa shape index (κ2) is 3.94. The van der Waals surface area contributed by atoms with Crippen molar-refractivity contribution in [1.29, 1.82) is 0 Å². The minimum absolute atomic E-state index is 0.0296. The van der Waals surface area contributed by atoms with Crippen molar-refractivity contribution in [3.05, 3.63) is 0 Å². The van der Waals surface area contributed by atoms with Gasteiger partial charge in [-0.2, -0.15) is 0 Å². The molecule has 0 radical (unpaired) electrons. The summed E-state index contributed by atoms with van der Waals surface area (Å²) in [4.78, 5) is 0. The number of nitrogens with zero attached hydrogens (tertiary/aromatic N) is 1. The van der Waals surface area contributed by atoms with Crippen LogP contribution in [0.15, 0.2) is 0 Å². The van der Waals surface area contributed by atoms with E-state index < -0.39 is 10.0 Å². The average Bonchev–Trinajstić information content (AvgIpc) is 2.32. The van der Waals surface area contributed by atoms with E-state index >= 15 is 0 Å². The molecule has 0 aromatic carbocycles. The summed E-state index contributed by atoms with van der Waals surface area (Å²) in [6, 6.07) is 0.0296. The molecule has 1 fully saturated rings. The Labute approximate surface area is 80.1 Å². The zero-order valence-electron chi connectivity index (χ0n) is 8.23. The van der Waals surface area contributed by atoms with Gasteiger partial charge < -0.3 is 5.73 Å². The summed E-state index contributed by atoms with van der Waals surface area (Å²) in [5.74, 6) is 0.418. The summed E-state index contributed by atoms with van der Waals surface area (Å²) < 4.78 is 24.8. The largest absolute Gasteiger partial charge is 0.326 e. The number of hydrogen-bond acceptors (Lipinski definition) is 3. The molecule has 1 saturated heterocycles. The van der Waals surface area contributed by atoms with Crippen LogP contribution < -0.4 is 5.73 Å². The summed E-state index contributed by atoms with van der Waals surface area (Å²) in [6.45, 7) is 4.91. The minimum atomic E-state index is -3.04. The van der Waals surface area contributed by atoms with Crippen LogP contribution in [-0.2, 0) is 10.0 Å². The van der Waals surface area contributed by atoms with Gasteiger partial charge in [-0.1, -0.05) is 13.8 Å². The number of rotatable bonds is 3. The van der Waals surface area contributed by atoms with Gasteiger partial charge in [-0.25, -0.2) is 12.7 Å². The van der Waals surface area contributed by atoms with Crippen molar-refractivity contribution in [3.8, 4) is 0 Å². The van der Waals surface area contributed by atoms with E-state index in [1.807, 2.05) is 13.8 Å². The molecule has 0 saturated carbocycles. The molecule has 0 aromatic rings. The molecule has 4 nitrogen and oxygen atoms in total. The highest BCUT2D eigenvalue weighted by molar-refractivity contribution is 7.89. The summed E-state index contributed by atoms with van der Waals surface area (Å²) in [5.41, 5.74) is 5.65. The zero-order valence-corrected chi connectivity index (χ0v) is 9.05. The quantitative estimate of drug-likeness (QED) is 0.707. The van der Waals surface area contributed by atoms with Gasteiger partial charge in [0.1, 0.15) is 0 Å². The molecule has 1 heterocycles. The van der Waals surface area contributed by atoms with Gasteiger partial charge in [0.05, 0.1) is 5.75 Å². The second-order valence-corrected chi connectivity index (χ2v) is 6.09. The maximum atomic E-state index is 11.7. The molecule has 1 atom stereocenters. The molecular weight excluding hydrogens is 188 g/mol. The normalized spacial score (nSPS) is 25.7. The lowest BCUT2D eigenvalue weighted by atomic mass is 10.3. The number of hydrogen-bond donors (Lipinski definition) is 1. The van der Waals surface area contributed by atoms with Crippen LogP contribution in [0.3, 0.4) is 0 Å². The maximum Gasteiger partial charge on any atom is 0.214 e. The summed E-state index contributed by atoms with van der Waals surface area (Å²) in [5, 5.41) is 0. The van der Waals surface area contributed by atoms with E-state index in [-0.39, 0.29) is 17.7 Å². The Hall–Kier alpha value is -0.130. The first-order valence-corrected chi connectivity index (χ1v) is 6.26. The van der Waals surface area contributed by atoms with Crippen molar-refractivity contribution in [3.63, 3.8) is 0 Å². The van der Waals surface area contributed by atoms with Crippen LogP contribution in [0.25, 0.3) is 0 Å². The van der Waals surface area contributed by atoms with Crippen molar-refractivity contribution in [2.45, 2.75) is 26.3 Å². The number of nitrogens with two attached hydrogens (primary N) is 1. The maximum absolute atomic E-state index is 11.7. The Morgan fingerprint density at radius 1 is 1.54 bits per heavy atom. The minimum Gasteiger partial charge on any atom is -0.326 e. The second-order valence-electron chi connectivity index (χ2n) is 4.08. The Kier molecular flexibility index (Phi) is 3.32. The van der Waals surface area contributed by atoms with Crippen LogP contribution >= 0.6 is 0 Å². The highest BCUT2D eigenvalue weighted by Crippen LogP contribution is 2.14. The van der Waals surface area contributed by atoms with Crippen LogP contribution in [-0.4, -0.2) is 37.6 Å². The van der Waals surface area contributed by atoms with Gasteiger partial charge in [0.25, 0.3) is 0 Å². The van der Waals surface area contributed by atoms with E-state index in [4.69, 9.17) is 5.73 Å². The third-order valence-electron chi connectivity index (χ3n) is 2.12. The molecule has 78 valence electrons. The van der Waals surface area contributed by atoms with E-state index in [9.17, 15) is 8.42 Å². The van der Waals surface area contributed by atoms with Crippen LogP contribution in [0.1, 0.15) is 20.3 Å². The Morgan fingerprint density at radius 3 is 2.54 bits per heavy atom. The monoisotopic (exact) mass is 206 g/mol. The van der Waals surface area contributed by atoms with Gasteiger partial charge in [0, 0.05) is 19.1 Å². The lowest BCUT2D eigenvalue weighted by Gasteiger charge is -2.17. The van der Waals surface area contributed by atoms with Crippen molar-refractivity contribution >= 4 is 10.0 Å². The van der Waals surface area contributed by atoms with E-state index in [0.29, 0.717) is 13.1 Å². The Bertz CT molecular complexity index is 261. The molecule has 0 aromatic heterocycles. The fraction of sp³-hybridized carbons (Fsp3) is 1.00. The standard InChI is InChI=1S/C8H18N2O2S/c1-7(2)6-13(11,12)10-4-3-8(9)5-10/h7-8H,3-6,9H2,1-2H3. The number of sulfonamides is 1. The van der Waals surface area contributed by atoms with E-state index in [0.717, 1.165) is 6.42 Å². The molecule has 1 unspecified atom stereocenters. The van der Waals surface area contributed by atoms with Crippen LogP contribution in [0.4, 0.5) is 0 Å². The lowest BCUT2D eigenvalue weighted by Crippen LogP contribution is -2.34. The molecule has 13 heavy (non-hydrogen) atoms. The average molecular weight is 206 g/mol. The molecule has 2 N–H and O–H groups in total. The Balaban J connectivity index is 2.60. The fourth-order valence-corrected chi connectivity index (χ4v) is 3.39. The molecule has 0 spiro atoms. The van der Waals surface area contributed by atoms with Crippen LogP contribution in [0, 0.1) is 5.92 Å². The molecular formula is C8H18N2O2S. The van der Waals surface area contributed by atoms with E-state index in [1.165, 1.54) is 4.31 Å². The molecule has 0 amide bonds. The molecule has 5 heteroatoms. The van der Waals surface area contributed by atoms with Crippen molar-refractivity contribution < 1.29 is 8.42 Å². The molecule has 1 rings (SSSR count). The first-order valence-electron chi connectivity index (χ1n) is 4.65. The van der Waals surface area contributed by atoms with Gasteiger partial charge in [0.15, 0.2) is 0 Å². The lowest BCUT2D eigenvalue weighted by molar-refractivity contribution is 0.465. The van der Waals surface area contributed by atoms with Gasteiger partial charge >= 0.3 is 0 Å². The first kappa shape index (κ1) is 10.9. The first-order chi connectivity index (χ1) is 5.92. The van der Waals surface area contributed by atoms with Crippen LogP contribution in [0.5, 0.6) is 0 Å². The third kappa shape index (κ3) is 2.93. The van der Waals surface area contributed by atoms with E-state index in [2.05, 4.69) is 0 Å². The van der Waals surface area contributed by atoms with Gasteiger partial charge in [-0.3, -0.25) is 0 Å². The van der Waals surface area contributed by atoms with Gasteiger partial charge in [-0.05, 0) is 12.3 Å². The summed E-state index contributed by atoms with van der Waals surface area (Å²) in [7, 11) is -3.04. The van der Waals surface area contributed by atoms with Gasteiger partial charge in [0.2, 0.25) is 10.0 Å². The van der Waals surface area contributed by atoms with E-state index in [1.54, 1.807) is 0 Å². The molecule has 0 aliphatic carbocycles. The highest BCUT2D eigenvalue weighted by Gasteiger charge is 2.29. The predicted molar refractivity (Wildman–Crippen MR) is 52.8 cm³/mol. The predicted octanol–water partition coefficient (Wildman–Crippen LogP) is 0.00520. The van der Waals surface area contributed by atoms with Crippen molar-refractivity contribution in [2.24, 2.45) is 11.7 Å². The molecule has 1 aliphatic heterocycles. The zero-order chi connectivity index (χ0) is 10.1. The highest BCUT2D eigenvalue weighted by atomic mass is 32.2. The third-order valence-corrected chi connectivity index (χ3v) is 4.33.